The molecule has 4 nitrogen and oxygen atoms in total. The lowest BCUT2D eigenvalue weighted by atomic mass is 9.95. The number of hydrogen-bond acceptors (Lipinski definition) is 3. The van der Waals surface area contributed by atoms with Gasteiger partial charge in [0.05, 0.1) is 0 Å². The number of piperidine rings is 1. The zero-order valence-electron chi connectivity index (χ0n) is 10.1. The number of furan rings is 1. The van der Waals surface area contributed by atoms with E-state index in [2.05, 4.69) is 5.32 Å². The first kappa shape index (κ1) is 10.8. The molecule has 2 atom stereocenters. The lowest BCUT2D eigenvalue weighted by molar-refractivity contribution is 0.0557. The molecule has 0 aliphatic carbocycles. The topological polar surface area (TPSA) is 45.5 Å². The minimum absolute atomic E-state index is 0.0523. The van der Waals surface area contributed by atoms with Crippen LogP contribution in [-0.2, 0) is 0 Å². The van der Waals surface area contributed by atoms with E-state index in [0.717, 1.165) is 31.8 Å². The molecule has 1 N–H and O–H groups in total. The van der Waals surface area contributed by atoms with Gasteiger partial charge in [-0.3, -0.25) is 4.79 Å². The van der Waals surface area contributed by atoms with Gasteiger partial charge in [-0.25, -0.2) is 0 Å². The number of carbonyl (C=O) groups is 1. The number of carbonyl (C=O) groups excluding carboxylic acids is 1. The van der Waals surface area contributed by atoms with Crippen molar-refractivity contribution in [2.45, 2.75) is 25.8 Å². The van der Waals surface area contributed by atoms with E-state index < -0.39 is 0 Å². The molecule has 0 aromatic carbocycles. The fourth-order valence-electron chi connectivity index (χ4n) is 2.88. The van der Waals surface area contributed by atoms with Crippen molar-refractivity contribution in [1.29, 1.82) is 0 Å². The summed E-state index contributed by atoms with van der Waals surface area (Å²) in [6.45, 7) is 4.70. The maximum absolute atomic E-state index is 12.4. The van der Waals surface area contributed by atoms with Crippen LogP contribution in [0.25, 0.3) is 0 Å². The minimum atomic E-state index is 0.0523. The molecular weight excluding hydrogens is 216 g/mol. The molecule has 4 heteroatoms. The maximum atomic E-state index is 12.4. The molecule has 3 saturated heterocycles. The van der Waals surface area contributed by atoms with Crippen LogP contribution in [0.1, 0.15) is 29.2 Å². The molecule has 92 valence electrons. The van der Waals surface area contributed by atoms with Crippen LogP contribution in [-0.4, -0.2) is 36.5 Å². The third kappa shape index (κ3) is 1.97. The smallest absolute Gasteiger partial charge is 0.289 e. The van der Waals surface area contributed by atoms with Crippen LogP contribution in [0.4, 0.5) is 0 Å². The van der Waals surface area contributed by atoms with E-state index in [-0.39, 0.29) is 5.91 Å². The Labute approximate surface area is 101 Å². The van der Waals surface area contributed by atoms with Gasteiger partial charge < -0.3 is 14.6 Å². The Balaban J connectivity index is 1.82. The van der Waals surface area contributed by atoms with E-state index in [9.17, 15) is 4.79 Å². The van der Waals surface area contributed by atoms with Crippen LogP contribution in [0.5, 0.6) is 0 Å². The Bertz CT molecular complexity index is 423. The summed E-state index contributed by atoms with van der Waals surface area (Å²) in [6, 6.07) is 3.97. The van der Waals surface area contributed by atoms with E-state index in [1.54, 1.807) is 6.07 Å². The van der Waals surface area contributed by atoms with Gasteiger partial charge >= 0.3 is 0 Å². The van der Waals surface area contributed by atoms with Crippen molar-refractivity contribution in [3.05, 3.63) is 23.7 Å². The predicted molar refractivity (Wildman–Crippen MR) is 63.9 cm³/mol. The highest BCUT2D eigenvalue weighted by Gasteiger charge is 2.35. The highest BCUT2D eigenvalue weighted by molar-refractivity contribution is 5.91. The Morgan fingerprint density at radius 3 is 3.06 bits per heavy atom. The third-order valence-corrected chi connectivity index (χ3v) is 3.83. The number of hydrogen-bond donors (Lipinski definition) is 1. The molecule has 4 heterocycles. The molecule has 0 radical (unpaired) electrons. The summed E-state index contributed by atoms with van der Waals surface area (Å²) in [4.78, 5) is 14.4. The molecule has 3 fully saturated rings. The van der Waals surface area contributed by atoms with E-state index in [1.165, 1.54) is 6.42 Å². The first-order chi connectivity index (χ1) is 8.24. The number of fused-ring (bicyclic) bond motifs is 4. The molecule has 0 saturated carbocycles. The standard InChI is InChI=1S/C13H18N2O2/c1-9-2-5-12(17-9)13(16)15-8-10-3-4-11(15)7-14-6-10/h2,5,10-11,14H,3-4,6-8H2,1H3. The van der Waals surface area contributed by atoms with Gasteiger partial charge in [0.25, 0.3) is 5.91 Å². The second-order valence-corrected chi connectivity index (χ2v) is 5.12. The van der Waals surface area contributed by atoms with Crippen LogP contribution in [0.3, 0.4) is 0 Å². The Morgan fingerprint density at radius 2 is 2.29 bits per heavy atom. The van der Waals surface area contributed by atoms with Crippen LogP contribution < -0.4 is 5.32 Å². The SMILES string of the molecule is Cc1ccc(C(=O)N2CC3CCC2CNC3)o1. The molecule has 1 aromatic heterocycles. The summed E-state index contributed by atoms with van der Waals surface area (Å²) in [7, 11) is 0. The first-order valence-electron chi connectivity index (χ1n) is 6.32. The van der Waals surface area contributed by atoms with Crippen molar-refractivity contribution >= 4 is 5.91 Å². The number of rotatable bonds is 1. The van der Waals surface area contributed by atoms with Crippen LogP contribution in [0.15, 0.2) is 16.5 Å². The molecular formula is C13H18N2O2. The largest absolute Gasteiger partial charge is 0.456 e. The van der Waals surface area contributed by atoms with Gasteiger partial charge in [0.2, 0.25) is 0 Å². The molecule has 1 aromatic rings. The zero-order valence-corrected chi connectivity index (χ0v) is 10.1. The van der Waals surface area contributed by atoms with E-state index >= 15 is 0 Å². The molecule has 2 bridgehead atoms. The van der Waals surface area contributed by atoms with Gasteiger partial charge in [-0.15, -0.1) is 0 Å². The molecule has 17 heavy (non-hydrogen) atoms. The monoisotopic (exact) mass is 234 g/mol. The summed E-state index contributed by atoms with van der Waals surface area (Å²) in [5, 5.41) is 3.43. The molecule has 4 rings (SSSR count). The highest BCUT2D eigenvalue weighted by atomic mass is 16.3. The third-order valence-electron chi connectivity index (χ3n) is 3.83. The summed E-state index contributed by atoms with van der Waals surface area (Å²) in [5.41, 5.74) is 0. The lowest BCUT2D eigenvalue weighted by Crippen LogP contribution is -2.47. The summed E-state index contributed by atoms with van der Waals surface area (Å²) in [6.07, 6.45) is 2.35. The Morgan fingerprint density at radius 1 is 1.41 bits per heavy atom. The summed E-state index contributed by atoms with van der Waals surface area (Å²) < 4.78 is 5.44. The number of amides is 1. The van der Waals surface area contributed by atoms with Gasteiger partial charge in [-0.1, -0.05) is 0 Å². The van der Waals surface area contributed by atoms with Crippen molar-refractivity contribution in [2.24, 2.45) is 5.92 Å². The average Bonchev–Trinajstić information content (AvgIpc) is 2.55. The van der Waals surface area contributed by atoms with Crippen LogP contribution in [0.2, 0.25) is 0 Å². The molecule has 3 aliphatic heterocycles. The first-order valence-corrected chi connectivity index (χ1v) is 6.32. The number of nitrogens with one attached hydrogen (secondary N) is 1. The molecule has 2 unspecified atom stereocenters. The van der Waals surface area contributed by atoms with Gasteiger partial charge in [-0.2, -0.15) is 0 Å². The van der Waals surface area contributed by atoms with E-state index in [1.807, 2.05) is 17.9 Å². The highest BCUT2D eigenvalue weighted by Crippen LogP contribution is 2.26. The van der Waals surface area contributed by atoms with E-state index in [4.69, 9.17) is 4.42 Å². The summed E-state index contributed by atoms with van der Waals surface area (Å²) >= 11 is 0. The van der Waals surface area contributed by atoms with Crippen molar-refractivity contribution in [1.82, 2.24) is 10.2 Å². The predicted octanol–water partition coefficient (Wildman–Crippen LogP) is 1.41. The van der Waals surface area contributed by atoms with Crippen molar-refractivity contribution in [2.75, 3.05) is 19.6 Å². The molecule has 1 amide bonds. The van der Waals surface area contributed by atoms with Crippen LogP contribution >= 0.6 is 0 Å². The quantitative estimate of drug-likeness (QED) is 0.799. The fraction of sp³-hybridized carbons (Fsp3) is 0.615. The zero-order chi connectivity index (χ0) is 11.8. The van der Waals surface area contributed by atoms with E-state index in [0.29, 0.717) is 17.7 Å². The normalized spacial score (nSPS) is 28.2. The Kier molecular flexibility index (Phi) is 2.67. The van der Waals surface area contributed by atoms with Crippen molar-refractivity contribution in [3.63, 3.8) is 0 Å². The number of nitrogens with zero attached hydrogens (tertiary/aromatic N) is 1. The molecule has 0 spiro atoms. The van der Waals surface area contributed by atoms with Crippen molar-refractivity contribution in [3.8, 4) is 0 Å². The average molecular weight is 234 g/mol. The second kappa shape index (κ2) is 4.18. The minimum Gasteiger partial charge on any atom is -0.456 e. The fourth-order valence-corrected chi connectivity index (χ4v) is 2.88. The van der Waals surface area contributed by atoms with Gasteiger partial charge in [0.15, 0.2) is 5.76 Å². The van der Waals surface area contributed by atoms with Gasteiger partial charge in [0, 0.05) is 19.1 Å². The maximum Gasteiger partial charge on any atom is 0.289 e. The summed E-state index contributed by atoms with van der Waals surface area (Å²) in [5.74, 6) is 1.94. The lowest BCUT2D eigenvalue weighted by Gasteiger charge is -2.35. The molecule has 3 aliphatic rings. The Hall–Kier alpha value is -1.29. The van der Waals surface area contributed by atoms with Gasteiger partial charge in [-0.05, 0) is 44.4 Å². The van der Waals surface area contributed by atoms with Crippen molar-refractivity contribution < 1.29 is 9.21 Å². The van der Waals surface area contributed by atoms with Crippen LogP contribution in [0, 0.1) is 12.8 Å². The number of aryl methyl sites for hydroxylation is 1. The second-order valence-electron chi connectivity index (χ2n) is 5.12. The van der Waals surface area contributed by atoms with Gasteiger partial charge in [0.1, 0.15) is 5.76 Å².